The van der Waals surface area contributed by atoms with E-state index in [0.717, 1.165) is 30.7 Å². The third kappa shape index (κ3) is 4.26. The summed E-state index contributed by atoms with van der Waals surface area (Å²) in [6.07, 6.45) is 5.36. The molecule has 0 spiro atoms. The molecule has 1 aromatic heterocycles. The lowest BCUT2D eigenvalue weighted by Crippen LogP contribution is -2.22. The number of rotatable bonds is 7. The van der Waals surface area contributed by atoms with Crippen molar-refractivity contribution in [2.75, 3.05) is 13.7 Å². The van der Waals surface area contributed by atoms with Crippen molar-refractivity contribution in [2.45, 2.75) is 25.8 Å². The largest absolute Gasteiger partial charge is 0.496 e. The summed E-state index contributed by atoms with van der Waals surface area (Å²) < 4.78 is 18.9. The first-order valence-electron chi connectivity index (χ1n) is 7.20. The van der Waals surface area contributed by atoms with E-state index in [1.54, 1.807) is 31.6 Å². The van der Waals surface area contributed by atoms with Gasteiger partial charge in [-0.05, 0) is 55.3 Å². The standard InChI is InChI=1S/C17H21FN2O/c1-3-20-16(6-4-13-8-10-19-11-9-13)15-12-14(18)5-7-17(15)21-2/h5,7-12,16,20H,3-4,6H2,1-2H3. The van der Waals surface area contributed by atoms with Gasteiger partial charge in [0.25, 0.3) is 0 Å². The van der Waals surface area contributed by atoms with Crippen molar-refractivity contribution in [3.63, 3.8) is 0 Å². The number of halogens is 1. The number of hydrogen-bond acceptors (Lipinski definition) is 3. The molecule has 2 rings (SSSR count). The monoisotopic (exact) mass is 288 g/mol. The van der Waals surface area contributed by atoms with Crippen LogP contribution in [0.3, 0.4) is 0 Å². The molecule has 4 heteroatoms. The van der Waals surface area contributed by atoms with E-state index in [-0.39, 0.29) is 11.9 Å². The molecule has 0 aliphatic heterocycles. The molecule has 1 N–H and O–H groups in total. The second-order valence-corrected chi connectivity index (χ2v) is 4.89. The van der Waals surface area contributed by atoms with Gasteiger partial charge in [0.1, 0.15) is 11.6 Å². The molecular weight excluding hydrogens is 267 g/mol. The molecule has 2 aromatic rings. The molecule has 0 radical (unpaired) electrons. The van der Waals surface area contributed by atoms with E-state index < -0.39 is 0 Å². The van der Waals surface area contributed by atoms with Crippen LogP contribution in [0.5, 0.6) is 5.75 Å². The summed E-state index contributed by atoms with van der Waals surface area (Å²) >= 11 is 0. The molecule has 1 heterocycles. The fraction of sp³-hybridized carbons (Fsp3) is 0.353. The molecule has 0 amide bonds. The van der Waals surface area contributed by atoms with Crippen molar-refractivity contribution in [1.82, 2.24) is 10.3 Å². The quantitative estimate of drug-likeness (QED) is 0.846. The van der Waals surface area contributed by atoms with Gasteiger partial charge < -0.3 is 10.1 Å². The molecule has 3 nitrogen and oxygen atoms in total. The van der Waals surface area contributed by atoms with Crippen molar-refractivity contribution in [3.8, 4) is 5.75 Å². The summed E-state index contributed by atoms with van der Waals surface area (Å²) in [4.78, 5) is 4.02. The second-order valence-electron chi connectivity index (χ2n) is 4.89. The number of hydrogen-bond donors (Lipinski definition) is 1. The number of nitrogens with one attached hydrogen (secondary N) is 1. The first-order chi connectivity index (χ1) is 10.2. The van der Waals surface area contributed by atoms with Crippen LogP contribution >= 0.6 is 0 Å². The molecule has 21 heavy (non-hydrogen) atoms. The minimum Gasteiger partial charge on any atom is -0.496 e. The minimum atomic E-state index is -0.238. The molecule has 0 aliphatic rings. The van der Waals surface area contributed by atoms with Crippen LogP contribution < -0.4 is 10.1 Å². The predicted octanol–water partition coefficient (Wildman–Crippen LogP) is 3.51. The number of aryl methyl sites for hydroxylation is 1. The van der Waals surface area contributed by atoms with Crippen molar-refractivity contribution < 1.29 is 9.13 Å². The first-order valence-corrected chi connectivity index (χ1v) is 7.20. The fourth-order valence-corrected chi connectivity index (χ4v) is 2.45. The first kappa shape index (κ1) is 15.4. The molecule has 0 aliphatic carbocycles. The Morgan fingerprint density at radius 3 is 2.67 bits per heavy atom. The van der Waals surface area contributed by atoms with Gasteiger partial charge in [0.05, 0.1) is 7.11 Å². The van der Waals surface area contributed by atoms with Crippen LogP contribution in [0.2, 0.25) is 0 Å². The van der Waals surface area contributed by atoms with Gasteiger partial charge in [-0.2, -0.15) is 0 Å². The normalized spacial score (nSPS) is 12.1. The Balaban J connectivity index is 2.16. The predicted molar refractivity (Wildman–Crippen MR) is 81.9 cm³/mol. The molecular formula is C17H21FN2O. The third-order valence-electron chi connectivity index (χ3n) is 3.49. The maximum Gasteiger partial charge on any atom is 0.123 e. The highest BCUT2D eigenvalue weighted by molar-refractivity contribution is 5.36. The number of ether oxygens (including phenoxy) is 1. The number of aromatic nitrogens is 1. The summed E-state index contributed by atoms with van der Waals surface area (Å²) in [5.41, 5.74) is 2.09. The molecule has 1 atom stereocenters. The molecule has 1 unspecified atom stereocenters. The number of methoxy groups -OCH3 is 1. The van der Waals surface area contributed by atoms with E-state index in [1.165, 1.54) is 11.6 Å². The van der Waals surface area contributed by atoms with Gasteiger partial charge in [0, 0.05) is 24.0 Å². The highest BCUT2D eigenvalue weighted by Gasteiger charge is 2.16. The minimum absolute atomic E-state index is 0.0637. The van der Waals surface area contributed by atoms with E-state index in [1.807, 2.05) is 19.1 Å². The van der Waals surface area contributed by atoms with Crippen LogP contribution in [-0.4, -0.2) is 18.6 Å². The van der Waals surface area contributed by atoms with Gasteiger partial charge in [-0.25, -0.2) is 4.39 Å². The zero-order chi connectivity index (χ0) is 15.1. The van der Waals surface area contributed by atoms with Gasteiger partial charge in [-0.1, -0.05) is 6.92 Å². The zero-order valence-electron chi connectivity index (χ0n) is 12.5. The van der Waals surface area contributed by atoms with Gasteiger partial charge >= 0.3 is 0 Å². The topological polar surface area (TPSA) is 34.2 Å². The molecule has 1 aromatic carbocycles. The SMILES string of the molecule is CCNC(CCc1ccncc1)c1cc(F)ccc1OC. The van der Waals surface area contributed by atoms with Crippen molar-refractivity contribution >= 4 is 0 Å². The van der Waals surface area contributed by atoms with Crippen LogP contribution in [0.15, 0.2) is 42.7 Å². The van der Waals surface area contributed by atoms with Crippen molar-refractivity contribution in [1.29, 1.82) is 0 Å². The van der Waals surface area contributed by atoms with Crippen LogP contribution in [0.4, 0.5) is 4.39 Å². The van der Waals surface area contributed by atoms with Crippen LogP contribution in [0.25, 0.3) is 0 Å². The van der Waals surface area contributed by atoms with Crippen molar-refractivity contribution in [3.05, 3.63) is 59.7 Å². The summed E-state index contributed by atoms with van der Waals surface area (Å²) in [7, 11) is 1.61. The summed E-state index contributed by atoms with van der Waals surface area (Å²) in [5.74, 6) is 0.481. The van der Waals surface area contributed by atoms with Crippen LogP contribution in [0, 0.1) is 5.82 Å². The van der Waals surface area contributed by atoms with Gasteiger partial charge in [-0.15, -0.1) is 0 Å². The van der Waals surface area contributed by atoms with E-state index in [2.05, 4.69) is 10.3 Å². The summed E-state index contributed by atoms with van der Waals surface area (Å²) in [6.45, 7) is 2.87. The Hall–Kier alpha value is -1.94. The number of benzene rings is 1. The smallest absolute Gasteiger partial charge is 0.123 e. The Kier molecular flexibility index (Phi) is 5.69. The van der Waals surface area contributed by atoms with Gasteiger partial charge in [0.15, 0.2) is 0 Å². The second kappa shape index (κ2) is 7.74. The lowest BCUT2D eigenvalue weighted by Gasteiger charge is -2.21. The van der Waals surface area contributed by atoms with Gasteiger partial charge in [0.2, 0.25) is 0 Å². The zero-order valence-corrected chi connectivity index (χ0v) is 12.5. The maximum absolute atomic E-state index is 13.6. The summed E-state index contributed by atoms with van der Waals surface area (Å²) in [5, 5.41) is 3.41. The molecule has 0 fully saturated rings. The Morgan fingerprint density at radius 2 is 2.00 bits per heavy atom. The molecule has 0 saturated heterocycles. The molecule has 0 saturated carbocycles. The van der Waals surface area contributed by atoms with Crippen LogP contribution in [0.1, 0.15) is 30.5 Å². The Morgan fingerprint density at radius 1 is 1.24 bits per heavy atom. The fourth-order valence-electron chi connectivity index (χ4n) is 2.45. The van der Waals surface area contributed by atoms with E-state index in [0.29, 0.717) is 0 Å². The number of pyridine rings is 1. The molecule has 112 valence electrons. The van der Waals surface area contributed by atoms with E-state index >= 15 is 0 Å². The lowest BCUT2D eigenvalue weighted by atomic mass is 9.98. The van der Waals surface area contributed by atoms with Crippen LogP contribution in [-0.2, 0) is 6.42 Å². The average molecular weight is 288 g/mol. The highest BCUT2D eigenvalue weighted by atomic mass is 19.1. The highest BCUT2D eigenvalue weighted by Crippen LogP contribution is 2.29. The Labute approximate surface area is 125 Å². The van der Waals surface area contributed by atoms with E-state index in [4.69, 9.17) is 4.74 Å². The molecule has 0 bridgehead atoms. The Bertz CT molecular complexity index is 560. The average Bonchev–Trinajstić information content (AvgIpc) is 2.52. The third-order valence-corrected chi connectivity index (χ3v) is 3.49. The van der Waals surface area contributed by atoms with E-state index in [9.17, 15) is 4.39 Å². The number of nitrogens with zero attached hydrogens (tertiary/aromatic N) is 1. The lowest BCUT2D eigenvalue weighted by molar-refractivity contribution is 0.394. The maximum atomic E-state index is 13.6. The van der Waals surface area contributed by atoms with Crippen molar-refractivity contribution in [2.24, 2.45) is 0 Å². The van der Waals surface area contributed by atoms with Gasteiger partial charge in [-0.3, -0.25) is 4.98 Å². The summed E-state index contributed by atoms with van der Waals surface area (Å²) in [6, 6.07) is 8.74.